The predicted molar refractivity (Wildman–Crippen MR) is 396 cm³/mol. The van der Waals surface area contributed by atoms with Gasteiger partial charge in [0.15, 0.2) is 0 Å². The zero-order chi connectivity index (χ0) is 63.8. The molecular weight excluding hydrogens is 1170 g/mol. The standard InChI is InChI=1S/C86H55B2N7O/c89-56-58-44-46-75(69(48-58)60-26-8-1-9-27-60)94-78-43-25-23-41-72(78)87-73-54-74-83(96-84-53-68(92(64-34-16-5-17-35-64)65-36-18-6-19-37-65)52-82-86(84)88(74)71-40-22-24-42-77(71)93(82)66-38-20-7-21-39-66)55-79(73)95(76-47-45-59(57-90)49-70(76)61-28-10-2-11-29-61)81-51-67(50-80(94)85(81)87)91(62-30-12-3-13-31-62)63-32-14-4-15-33-63/h1-55H. The molecule has 0 unspecified atom stereocenters. The summed E-state index contributed by atoms with van der Waals surface area (Å²) in [6.07, 6.45) is 0. The van der Waals surface area contributed by atoms with Crippen molar-refractivity contribution in [2.45, 2.75) is 0 Å². The van der Waals surface area contributed by atoms with Crippen molar-refractivity contribution in [2.24, 2.45) is 0 Å². The van der Waals surface area contributed by atoms with Crippen LogP contribution >= 0.6 is 0 Å². The first-order chi connectivity index (χ1) is 47.6. The first-order valence-corrected chi connectivity index (χ1v) is 32.4. The van der Waals surface area contributed by atoms with E-state index in [0.29, 0.717) is 11.1 Å². The summed E-state index contributed by atoms with van der Waals surface area (Å²) < 4.78 is 7.82. The predicted octanol–water partition coefficient (Wildman–Crippen LogP) is 18.2. The zero-order valence-corrected chi connectivity index (χ0v) is 51.9. The molecule has 14 aromatic rings. The van der Waals surface area contributed by atoms with Gasteiger partial charge in [-0.05, 0) is 171 Å². The minimum Gasteiger partial charge on any atom is -0.458 e. The van der Waals surface area contributed by atoms with Gasteiger partial charge in [0.25, 0.3) is 13.4 Å². The van der Waals surface area contributed by atoms with E-state index in [9.17, 15) is 10.5 Å². The van der Waals surface area contributed by atoms with Gasteiger partial charge in [-0.1, -0.05) is 194 Å². The summed E-state index contributed by atoms with van der Waals surface area (Å²) in [5.74, 6) is 1.51. The Morgan fingerprint density at radius 2 is 0.656 bits per heavy atom. The van der Waals surface area contributed by atoms with E-state index >= 15 is 0 Å². The first kappa shape index (κ1) is 55.8. The summed E-state index contributed by atoms with van der Waals surface area (Å²) in [6.45, 7) is -0.601. The second kappa shape index (κ2) is 23.0. The summed E-state index contributed by atoms with van der Waals surface area (Å²) in [6, 6.07) is 123. The number of ether oxygens (including phenoxy) is 1. The second-order valence-electron chi connectivity index (χ2n) is 24.6. The van der Waals surface area contributed by atoms with Crippen LogP contribution in [0.2, 0.25) is 0 Å². The van der Waals surface area contributed by atoms with Crippen LogP contribution in [0.3, 0.4) is 0 Å². The molecule has 14 aromatic carbocycles. The number of hydrogen-bond donors (Lipinski definition) is 0. The molecule has 96 heavy (non-hydrogen) atoms. The van der Waals surface area contributed by atoms with Gasteiger partial charge in [-0.2, -0.15) is 10.5 Å². The van der Waals surface area contributed by atoms with Crippen LogP contribution in [0.5, 0.6) is 11.5 Å². The molecule has 0 bridgehead atoms. The van der Waals surface area contributed by atoms with E-state index < -0.39 is 0 Å². The Morgan fingerprint density at radius 3 is 1.12 bits per heavy atom. The number of rotatable bonds is 11. The van der Waals surface area contributed by atoms with Gasteiger partial charge in [0.1, 0.15) is 11.5 Å². The molecule has 18 rings (SSSR count). The van der Waals surface area contributed by atoms with E-state index in [4.69, 9.17) is 4.74 Å². The van der Waals surface area contributed by atoms with Crippen molar-refractivity contribution in [2.75, 3.05) is 24.5 Å². The lowest BCUT2D eigenvalue weighted by Crippen LogP contribution is -2.64. The molecule has 4 aliphatic rings. The van der Waals surface area contributed by atoms with E-state index in [0.717, 1.165) is 146 Å². The molecule has 4 aliphatic heterocycles. The normalized spacial score (nSPS) is 12.5. The highest BCUT2D eigenvalue weighted by Gasteiger charge is 2.49. The number of nitrogens with zero attached hydrogens (tertiary/aromatic N) is 7. The van der Waals surface area contributed by atoms with E-state index in [1.165, 1.54) is 5.46 Å². The van der Waals surface area contributed by atoms with E-state index in [1.807, 2.05) is 36.4 Å². The highest BCUT2D eigenvalue weighted by molar-refractivity contribution is 7.02. The fraction of sp³-hybridized carbons (Fsp3) is 0. The Kier molecular flexibility index (Phi) is 13.4. The maximum atomic E-state index is 10.8. The number of hydrogen-bond acceptors (Lipinski definition) is 8. The Bertz CT molecular complexity index is 5380. The summed E-state index contributed by atoms with van der Waals surface area (Å²) in [7, 11) is 0. The average molecular weight is 1220 g/mol. The van der Waals surface area contributed by atoms with Gasteiger partial charge >= 0.3 is 0 Å². The third-order valence-electron chi connectivity index (χ3n) is 19.2. The largest absolute Gasteiger partial charge is 0.458 e. The molecule has 0 fully saturated rings. The molecule has 0 aliphatic carbocycles. The average Bonchev–Trinajstić information content (AvgIpc) is 0.688. The number of nitriles is 2. The highest BCUT2D eigenvalue weighted by Crippen LogP contribution is 2.53. The van der Waals surface area contributed by atoms with Gasteiger partial charge in [-0.15, -0.1) is 0 Å². The lowest BCUT2D eigenvalue weighted by atomic mass is 9.30. The minimum atomic E-state index is -0.333. The fourth-order valence-corrected chi connectivity index (χ4v) is 15.2. The zero-order valence-electron chi connectivity index (χ0n) is 51.9. The maximum absolute atomic E-state index is 10.8. The van der Waals surface area contributed by atoms with Crippen LogP contribution in [0.4, 0.5) is 85.3 Å². The van der Waals surface area contributed by atoms with Crippen molar-refractivity contribution in [3.05, 3.63) is 345 Å². The Morgan fingerprint density at radius 1 is 0.271 bits per heavy atom. The Balaban J connectivity index is 0.962. The quantitative estimate of drug-likeness (QED) is 0.119. The van der Waals surface area contributed by atoms with Crippen molar-refractivity contribution in [3.63, 3.8) is 0 Å². The van der Waals surface area contributed by atoms with Crippen LogP contribution < -0.4 is 62.0 Å². The lowest BCUT2D eigenvalue weighted by molar-refractivity contribution is 0.488. The van der Waals surface area contributed by atoms with Gasteiger partial charge in [0.05, 0.1) is 46.0 Å². The van der Waals surface area contributed by atoms with E-state index in [1.54, 1.807) is 0 Å². The van der Waals surface area contributed by atoms with Crippen molar-refractivity contribution >= 4 is 132 Å². The van der Waals surface area contributed by atoms with Crippen molar-refractivity contribution in [1.82, 2.24) is 0 Å². The summed E-state index contributed by atoms with van der Waals surface area (Å²) in [5.41, 5.74) is 26.3. The molecule has 0 radical (unpaired) electrons. The smallest absolute Gasteiger partial charge is 0.256 e. The third-order valence-corrected chi connectivity index (χ3v) is 19.2. The number of anilines is 15. The summed E-state index contributed by atoms with van der Waals surface area (Å²) in [4.78, 5) is 12.0. The van der Waals surface area contributed by atoms with E-state index in [-0.39, 0.29) is 13.4 Å². The molecule has 0 spiro atoms. The van der Waals surface area contributed by atoms with Gasteiger partial charge in [0, 0.05) is 85.8 Å². The van der Waals surface area contributed by atoms with Gasteiger partial charge < -0.3 is 29.2 Å². The van der Waals surface area contributed by atoms with Crippen LogP contribution in [0, 0.1) is 22.7 Å². The molecule has 0 atom stereocenters. The van der Waals surface area contributed by atoms with Gasteiger partial charge in [0.2, 0.25) is 0 Å². The molecule has 8 nitrogen and oxygen atoms in total. The lowest BCUT2D eigenvalue weighted by Gasteiger charge is -2.46. The van der Waals surface area contributed by atoms with Gasteiger partial charge in [-0.3, -0.25) is 0 Å². The SMILES string of the molecule is N#Cc1ccc(N2c3ccccc3B3c4cc5c(cc4N(c4ccc(C#N)cc4-c4ccccc4)c4cc(N(c6ccccc6)c6ccccc6)cc2c43)Oc2cc(N(c3ccccc3)c3ccccc3)cc3c2B5c2ccccc2N3c2ccccc2)c(-c2ccccc2)c1. The van der Waals surface area contributed by atoms with Crippen LogP contribution in [0.1, 0.15) is 11.1 Å². The molecule has 10 heteroatoms. The molecule has 0 saturated carbocycles. The Labute approximate surface area is 558 Å². The molecule has 446 valence electrons. The monoisotopic (exact) mass is 1220 g/mol. The molecule has 0 N–H and O–H groups in total. The number of para-hydroxylation sites is 7. The first-order valence-electron chi connectivity index (χ1n) is 32.4. The fourth-order valence-electron chi connectivity index (χ4n) is 15.2. The highest BCUT2D eigenvalue weighted by atomic mass is 16.5. The minimum absolute atomic E-state index is 0.268. The number of benzene rings is 14. The molecule has 0 aromatic heterocycles. The van der Waals surface area contributed by atoms with Crippen molar-refractivity contribution in [3.8, 4) is 45.9 Å². The van der Waals surface area contributed by atoms with Crippen LogP contribution in [0.15, 0.2) is 334 Å². The van der Waals surface area contributed by atoms with Crippen LogP contribution in [0.25, 0.3) is 22.3 Å². The van der Waals surface area contributed by atoms with Crippen LogP contribution in [-0.4, -0.2) is 13.4 Å². The molecular formula is C86H55B2N7O. The third kappa shape index (κ3) is 9.07. The van der Waals surface area contributed by atoms with Crippen molar-refractivity contribution in [1.29, 1.82) is 10.5 Å². The topological polar surface area (TPSA) is 73.0 Å². The van der Waals surface area contributed by atoms with E-state index in [2.05, 4.69) is 334 Å². The maximum Gasteiger partial charge on any atom is 0.256 e. The molecule has 4 heterocycles. The van der Waals surface area contributed by atoms with Crippen LogP contribution in [-0.2, 0) is 0 Å². The van der Waals surface area contributed by atoms with Crippen molar-refractivity contribution < 1.29 is 4.74 Å². The number of fused-ring (bicyclic) bond motifs is 8. The summed E-state index contributed by atoms with van der Waals surface area (Å²) in [5, 5.41) is 21.5. The summed E-state index contributed by atoms with van der Waals surface area (Å²) >= 11 is 0. The Hall–Kier alpha value is -13.0. The second-order valence-corrected chi connectivity index (χ2v) is 24.6. The molecule has 0 amide bonds. The molecule has 0 saturated heterocycles. The van der Waals surface area contributed by atoms with Gasteiger partial charge in [-0.25, -0.2) is 0 Å².